The summed E-state index contributed by atoms with van der Waals surface area (Å²) in [5.41, 5.74) is 5.03. The van der Waals surface area contributed by atoms with Crippen LogP contribution in [0, 0.1) is 0 Å². The maximum absolute atomic E-state index is 6.56. The van der Waals surface area contributed by atoms with E-state index in [1.807, 2.05) is 0 Å². The van der Waals surface area contributed by atoms with Crippen LogP contribution in [0.5, 0.6) is 11.5 Å². The highest BCUT2D eigenvalue weighted by Crippen LogP contribution is 2.54. The van der Waals surface area contributed by atoms with Gasteiger partial charge in [-0.25, -0.2) is 0 Å². The number of hydrogen-bond donors (Lipinski definition) is 0. The number of benzene rings is 3. The SMILES string of the molecule is CCN(CC)CCCOc1cc2cccc3c2c(c1OCCCN(CC)CC)-c1ccccc1-3.Cl.Cl. The van der Waals surface area contributed by atoms with E-state index in [1.165, 1.54) is 33.0 Å². The molecule has 0 amide bonds. The molecule has 4 nitrogen and oxygen atoms in total. The summed E-state index contributed by atoms with van der Waals surface area (Å²) in [6, 6.07) is 17.4. The van der Waals surface area contributed by atoms with Crippen molar-refractivity contribution < 1.29 is 9.47 Å². The van der Waals surface area contributed by atoms with Crippen LogP contribution < -0.4 is 9.47 Å². The van der Waals surface area contributed by atoms with Crippen LogP contribution in [0.1, 0.15) is 40.5 Å². The molecule has 1 aliphatic rings. The fraction of sp³-hybridized carbons (Fsp3) is 0.467. The van der Waals surface area contributed by atoms with Gasteiger partial charge in [-0.05, 0) is 67.2 Å². The van der Waals surface area contributed by atoms with Crippen molar-refractivity contribution in [3.63, 3.8) is 0 Å². The van der Waals surface area contributed by atoms with E-state index in [4.69, 9.17) is 9.47 Å². The molecule has 0 saturated heterocycles. The highest BCUT2D eigenvalue weighted by atomic mass is 35.5. The van der Waals surface area contributed by atoms with Crippen molar-refractivity contribution in [2.24, 2.45) is 0 Å². The van der Waals surface area contributed by atoms with E-state index in [9.17, 15) is 0 Å². The van der Waals surface area contributed by atoms with Gasteiger partial charge in [0.25, 0.3) is 0 Å². The first-order valence-corrected chi connectivity index (χ1v) is 13.1. The third kappa shape index (κ3) is 6.47. The lowest BCUT2D eigenvalue weighted by molar-refractivity contribution is 0.226. The van der Waals surface area contributed by atoms with Crippen molar-refractivity contribution >= 4 is 35.6 Å². The second kappa shape index (κ2) is 14.7. The van der Waals surface area contributed by atoms with Crippen LogP contribution in [0.2, 0.25) is 0 Å². The molecule has 0 saturated carbocycles. The van der Waals surface area contributed by atoms with Gasteiger partial charge in [0.1, 0.15) is 0 Å². The maximum Gasteiger partial charge on any atom is 0.169 e. The van der Waals surface area contributed by atoms with Crippen LogP contribution >= 0.6 is 24.8 Å². The Morgan fingerprint density at radius 2 is 1.19 bits per heavy atom. The number of fused-ring (bicyclic) bond motifs is 3. The molecule has 0 atom stereocenters. The van der Waals surface area contributed by atoms with Gasteiger partial charge >= 0.3 is 0 Å². The molecule has 0 N–H and O–H groups in total. The summed E-state index contributed by atoms with van der Waals surface area (Å²) in [7, 11) is 0. The Labute approximate surface area is 229 Å². The molecular formula is C30H42Cl2N2O2. The number of nitrogens with zero attached hydrogens (tertiary/aromatic N) is 2. The van der Waals surface area contributed by atoms with Gasteiger partial charge in [0.2, 0.25) is 0 Å². The number of hydrogen-bond acceptors (Lipinski definition) is 4. The predicted molar refractivity (Wildman–Crippen MR) is 159 cm³/mol. The van der Waals surface area contributed by atoms with Gasteiger partial charge in [-0.1, -0.05) is 70.2 Å². The van der Waals surface area contributed by atoms with E-state index in [2.05, 4.69) is 86.0 Å². The molecule has 0 aliphatic heterocycles. The molecule has 3 aromatic carbocycles. The lowest BCUT2D eigenvalue weighted by Crippen LogP contribution is -2.25. The van der Waals surface area contributed by atoms with Gasteiger partial charge in [0.15, 0.2) is 11.5 Å². The second-order valence-electron chi connectivity index (χ2n) is 8.99. The van der Waals surface area contributed by atoms with Crippen LogP contribution in [0.4, 0.5) is 0 Å². The molecular weight excluding hydrogens is 491 g/mol. The summed E-state index contributed by atoms with van der Waals surface area (Å²) in [4.78, 5) is 4.89. The fourth-order valence-electron chi connectivity index (χ4n) is 5.09. The van der Waals surface area contributed by atoms with Gasteiger partial charge < -0.3 is 19.3 Å². The minimum atomic E-state index is 0. The zero-order valence-corrected chi connectivity index (χ0v) is 23.9. The van der Waals surface area contributed by atoms with Crippen LogP contribution in [0.25, 0.3) is 33.0 Å². The Morgan fingerprint density at radius 3 is 1.81 bits per heavy atom. The molecule has 0 unspecified atom stereocenters. The normalized spacial score (nSPS) is 11.4. The quantitative estimate of drug-likeness (QED) is 0.156. The molecule has 0 bridgehead atoms. The van der Waals surface area contributed by atoms with Crippen LogP contribution in [-0.2, 0) is 0 Å². The van der Waals surface area contributed by atoms with Crippen molar-refractivity contribution in [3.05, 3.63) is 48.5 Å². The lowest BCUT2D eigenvalue weighted by Gasteiger charge is -2.21. The third-order valence-corrected chi connectivity index (χ3v) is 7.10. The van der Waals surface area contributed by atoms with Crippen molar-refractivity contribution in [2.75, 3.05) is 52.5 Å². The summed E-state index contributed by atoms with van der Waals surface area (Å²) in [5, 5.41) is 2.51. The number of halogens is 2. The van der Waals surface area contributed by atoms with Gasteiger partial charge in [-0.2, -0.15) is 0 Å². The molecule has 0 aromatic heterocycles. The molecule has 198 valence electrons. The highest BCUT2D eigenvalue weighted by Gasteiger charge is 2.27. The van der Waals surface area contributed by atoms with E-state index < -0.39 is 0 Å². The topological polar surface area (TPSA) is 24.9 Å². The average Bonchev–Trinajstić information content (AvgIpc) is 3.21. The summed E-state index contributed by atoms with van der Waals surface area (Å²) in [5.74, 6) is 1.78. The molecule has 3 aromatic rings. The Morgan fingerprint density at radius 1 is 0.639 bits per heavy atom. The molecule has 36 heavy (non-hydrogen) atoms. The van der Waals surface area contributed by atoms with Crippen molar-refractivity contribution in [1.82, 2.24) is 9.80 Å². The van der Waals surface area contributed by atoms with Crippen LogP contribution in [0.3, 0.4) is 0 Å². The molecule has 1 aliphatic carbocycles. The molecule has 0 spiro atoms. The molecule has 4 rings (SSSR count). The van der Waals surface area contributed by atoms with E-state index in [1.54, 1.807) is 0 Å². The maximum atomic E-state index is 6.56. The lowest BCUT2D eigenvalue weighted by atomic mass is 10.0. The van der Waals surface area contributed by atoms with Gasteiger partial charge in [0, 0.05) is 24.0 Å². The minimum absolute atomic E-state index is 0. The van der Waals surface area contributed by atoms with Gasteiger partial charge in [-0.3, -0.25) is 0 Å². The van der Waals surface area contributed by atoms with Gasteiger partial charge in [0.05, 0.1) is 13.2 Å². The predicted octanol–water partition coefficient (Wildman–Crippen LogP) is 7.55. The zero-order chi connectivity index (χ0) is 23.9. The van der Waals surface area contributed by atoms with Gasteiger partial charge in [-0.15, -0.1) is 24.8 Å². The van der Waals surface area contributed by atoms with E-state index in [0.29, 0.717) is 13.2 Å². The Bertz CT molecular complexity index is 1100. The molecule has 0 fully saturated rings. The molecule has 6 heteroatoms. The Kier molecular flexibility index (Phi) is 12.3. The summed E-state index contributed by atoms with van der Waals surface area (Å²) in [6.45, 7) is 16.7. The highest BCUT2D eigenvalue weighted by molar-refractivity contribution is 6.17. The van der Waals surface area contributed by atoms with Crippen molar-refractivity contribution in [2.45, 2.75) is 40.5 Å². The minimum Gasteiger partial charge on any atom is -0.490 e. The van der Waals surface area contributed by atoms with E-state index >= 15 is 0 Å². The van der Waals surface area contributed by atoms with Crippen LogP contribution in [-0.4, -0.2) is 62.3 Å². The monoisotopic (exact) mass is 532 g/mol. The van der Waals surface area contributed by atoms with Crippen molar-refractivity contribution in [1.29, 1.82) is 0 Å². The fourth-order valence-corrected chi connectivity index (χ4v) is 5.09. The Balaban J connectivity index is 0.00000228. The summed E-state index contributed by atoms with van der Waals surface area (Å²) < 4.78 is 13.0. The largest absolute Gasteiger partial charge is 0.490 e. The first-order valence-electron chi connectivity index (χ1n) is 13.1. The number of ether oxygens (including phenoxy) is 2. The average molecular weight is 534 g/mol. The smallest absolute Gasteiger partial charge is 0.169 e. The molecule has 0 heterocycles. The van der Waals surface area contributed by atoms with Crippen LogP contribution in [0.15, 0.2) is 48.5 Å². The summed E-state index contributed by atoms with van der Waals surface area (Å²) >= 11 is 0. The molecule has 0 radical (unpaired) electrons. The Hall–Kier alpha value is -1.98. The summed E-state index contributed by atoms with van der Waals surface area (Å²) in [6.07, 6.45) is 2.01. The van der Waals surface area contributed by atoms with Crippen molar-refractivity contribution in [3.8, 4) is 33.8 Å². The van der Waals surface area contributed by atoms with E-state index in [-0.39, 0.29) is 24.8 Å². The standard InChI is InChI=1S/C30H40N2O2.2ClH/c1-5-31(6-2)18-12-20-33-27-22-23-14-11-17-25-24-15-9-10-16-26(24)29(28(23)25)30(27)34-21-13-19-32(7-3)8-4;;/h9-11,14-17,22H,5-8,12-13,18-21H2,1-4H3;2*1H. The zero-order valence-electron chi connectivity index (χ0n) is 22.2. The first kappa shape index (κ1) is 30.2. The number of rotatable bonds is 14. The second-order valence-corrected chi connectivity index (χ2v) is 8.99. The first-order chi connectivity index (χ1) is 16.7. The van der Waals surface area contributed by atoms with E-state index in [0.717, 1.165) is 63.6 Å². The third-order valence-electron chi connectivity index (χ3n) is 7.10.